The number of rotatable bonds is 5. The van der Waals surface area contributed by atoms with Gasteiger partial charge in [0.25, 0.3) is 5.91 Å². The highest BCUT2D eigenvalue weighted by atomic mass is 32.1. The molecule has 7 heteroatoms. The molecule has 0 aliphatic carbocycles. The molecule has 1 aromatic heterocycles. The van der Waals surface area contributed by atoms with Crippen LogP contribution in [0.25, 0.3) is 10.1 Å². The molecule has 2 aromatic carbocycles. The molecule has 2 N–H and O–H groups in total. The number of carbonyl (C=O) groups excluding carboxylic acids is 1. The van der Waals surface area contributed by atoms with Gasteiger partial charge < -0.3 is 10.6 Å². The fraction of sp³-hybridized carbons (Fsp3) is 0.125. The van der Waals surface area contributed by atoms with Gasteiger partial charge in [-0.3, -0.25) is 4.79 Å². The van der Waals surface area contributed by atoms with E-state index in [9.17, 15) is 13.6 Å². The molecule has 0 fully saturated rings. The van der Waals surface area contributed by atoms with Crippen LogP contribution in [-0.2, 0) is 0 Å². The summed E-state index contributed by atoms with van der Waals surface area (Å²) in [6.07, 6.45) is 0. The summed E-state index contributed by atoms with van der Waals surface area (Å²) in [6.45, 7) is 0.764. The van der Waals surface area contributed by atoms with Gasteiger partial charge in [-0.2, -0.15) is 4.37 Å². The van der Waals surface area contributed by atoms with E-state index in [2.05, 4.69) is 15.0 Å². The Balaban J connectivity index is 1.54. The third kappa shape index (κ3) is 3.62. The highest BCUT2D eigenvalue weighted by Crippen LogP contribution is 2.25. The molecule has 0 bridgehead atoms. The van der Waals surface area contributed by atoms with Crippen LogP contribution in [0.2, 0.25) is 0 Å². The first kappa shape index (κ1) is 15.4. The van der Waals surface area contributed by atoms with Crippen molar-refractivity contribution in [3.63, 3.8) is 0 Å². The Morgan fingerprint density at radius 2 is 1.83 bits per heavy atom. The zero-order chi connectivity index (χ0) is 16.2. The molecular weight excluding hydrogens is 320 g/mol. The van der Waals surface area contributed by atoms with Crippen molar-refractivity contribution in [3.05, 3.63) is 59.7 Å². The van der Waals surface area contributed by atoms with Crippen LogP contribution in [0.5, 0.6) is 0 Å². The van der Waals surface area contributed by atoms with Crippen LogP contribution in [0.4, 0.5) is 14.6 Å². The number of hydrogen-bond donors (Lipinski definition) is 2. The Morgan fingerprint density at radius 1 is 1.09 bits per heavy atom. The molecule has 0 unspecified atom stereocenters. The largest absolute Gasteiger partial charge is 0.367 e. The van der Waals surface area contributed by atoms with Gasteiger partial charge in [0.15, 0.2) is 0 Å². The first-order valence-electron chi connectivity index (χ1n) is 6.96. The predicted molar refractivity (Wildman–Crippen MR) is 86.8 cm³/mol. The molecule has 0 saturated carbocycles. The standard InChI is InChI=1S/C16H13F2N3OS/c17-11-7-10(8-12(18)9-11)16(22)20-6-5-19-15-13-3-1-2-4-14(13)23-21-15/h1-4,7-9H,5-6H2,(H,19,21)(H,20,22). The van der Waals surface area contributed by atoms with E-state index in [-0.39, 0.29) is 5.56 Å². The van der Waals surface area contributed by atoms with E-state index in [0.717, 1.165) is 34.1 Å². The first-order valence-corrected chi connectivity index (χ1v) is 7.73. The zero-order valence-corrected chi connectivity index (χ0v) is 12.8. The summed E-state index contributed by atoms with van der Waals surface area (Å²) < 4.78 is 31.5. The number of halogens is 2. The molecule has 0 atom stereocenters. The maximum atomic E-state index is 13.1. The smallest absolute Gasteiger partial charge is 0.251 e. The quantitative estimate of drug-likeness (QED) is 0.704. The van der Waals surface area contributed by atoms with Gasteiger partial charge in [0.05, 0.1) is 4.70 Å². The molecule has 0 aliphatic rings. The van der Waals surface area contributed by atoms with Gasteiger partial charge in [0, 0.05) is 30.1 Å². The van der Waals surface area contributed by atoms with Crippen molar-refractivity contribution in [2.24, 2.45) is 0 Å². The topological polar surface area (TPSA) is 54.0 Å². The van der Waals surface area contributed by atoms with E-state index in [4.69, 9.17) is 0 Å². The molecular formula is C16H13F2N3OS. The van der Waals surface area contributed by atoms with E-state index in [0.29, 0.717) is 13.1 Å². The van der Waals surface area contributed by atoms with Gasteiger partial charge >= 0.3 is 0 Å². The lowest BCUT2D eigenvalue weighted by molar-refractivity contribution is 0.0954. The normalized spacial score (nSPS) is 10.7. The number of benzene rings is 2. The maximum Gasteiger partial charge on any atom is 0.251 e. The lowest BCUT2D eigenvalue weighted by Gasteiger charge is -2.07. The average Bonchev–Trinajstić information content (AvgIpc) is 2.94. The van der Waals surface area contributed by atoms with Crippen LogP contribution in [0.3, 0.4) is 0 Å². The van der Waals surface area contributed by atoms with E-state index in [1.54, 1.807) is 0 Å². The number of hydrogen-bond acceptors (Lipinski definition) is 4. The predicted octanol–water partition coefficient (Wildman–Crippen LogP) is 3.42. The third-order valence-corrected chi connectivity index (χ3v) is 4.03. The fourth-order valence-electron chi connectivity index (χ4n) is 2.16. The minimum Gasteiger partial charge on any atom is -0.367 e. The summed E-state index contributed by atoms with van der Waals surface area (Å²) in [5.41, 5.74) is -0.0402. The minimum atomic E-state index is -0.776. The molecule has 1 heterocycles. The van der Waals surface area contributed by atoms with Gasteiger partial charge in [0.2, 0.25) is 0 Å². The number of nitrogens with zero attached hydrogens (tertiary/aromatic N) is 1. The van der Waals surface area contributed by atoms with Crippen molar-refractivity contribution in [3.8, 4) is 0 Å². The number of amides is 1. The van der Waals surface area contributed by atoms with Crippen molar-refractivity contribution in [2.45, 2.75) is 0 Å². The van der Waals surface area contributed by atoms with Crippen LogP contribution < -0.4 is 10.6 Å². The van der Waals surface area contributed by atoms with Crippen LogP contribution in [0.15, 0.2) is 42.5 Å². The Bertz CT molecular complexity index is 830. The van der Waals surface area contributed by atoms with Gasteiger partial charge in [-0.15, -0.1) is 0 Å². The van der Waals surface area contributed by atoms with Crippen molar-refractivity contribution < 1.29 is 13.6 Å². The molecule has 3 rings (SSSR count). The van der Waals surface area contributed by atoms with Crippen molar-refractivity contribution >= 4 is 33.3 Å². The summed E-state index contributed by atoms with van der Waals surface area (Å²) >= 11 is 1.40. The van der Waals surface area contributed by atoms with E-state index >= 15 is 0 Å². The van der Waals surface area contributed by atoms with Gasteiger partial charge in [-0.05, 0) is 35.8 Å². The monoisotopic (exact) mass is 333 g/mol. The minimum absolute atomic E-state index is 0.0402. The summed E-state index contributed by atoms with van der Waals surface area (Å²) in [6, 6.07) is 10.6. The highest BCUT2D eigenvalue weighted by Gasteiger charge is 2.09. The van der Waals surface area contributed by atoms with Crippen molar-refractivity contribution in [2.75, 3.05) is 18.4 Å². The van der Waals surface area contributed by atoms with Gasteiger partial charge in [-0.1, -0.05) is 12.1 Å². The molecule has 0 saturated heterocycles. The second-order valence-electron chi connectivity index (χ2n) is 4.87. The molecule has 3 aromatic rings. The molecule has 4 nitrogen and oxygen atoms in total. The molecule has 23 heavy (non-hydrogen) atoms. The Kier molecular flexibility index (Phi) is 4.47. The van der Waals surface area contributed by atoms with E-state index in [1.807, 2.05) is 24.3 Å². The average molecular weight is 333 g/mol. The lowest BCUT2D eigenvalue weighted by Crippen LogP contribution is -2.29. The molecule has 1 amide bonds. The number of fused-ring (bicyclic) bond motifs is 1. The Morgan fingerprint density at radius 3 is 2.61 bits per heavy atom. The van der Waals surface area contributed by atoms with Crippen molar-refractivity contribution in [1.82, 2.24) is 9.69 Å². The molecule has 118 valence electrons. The second kappa shape index (κ2) is 6.70. The fourth-order valence-corrected chi connectivity index (χ4v) is 2.91. The Hall–Kier alpha value is -2.54. The zero-order valence-electron chi connectivity index (χ0n) is 12.0. The summed E-state index contributed by atoms with van der Waals surface area (Å²) in [5, 5.41) is 6.76. The van der Waals surface area contributed by atoms with Gasteiger partial charge in [0.1, 0.15) is 17.5 Å². The SMILES string of the molecule is O=C(NCCNc1nsc2ccccc12)c1cc(F)cc(F)c1. The first-order chi connectivity index (χ1) is 11.1. The van der Waals surface area contributed by atoms with Crippen molar-refractivity contribution in [1.29, 1.82) is 0 Å². The maximum absolute atomic E-state index is 13.1. The summed E-state index contributed by atoms with van der Waals surface area (Å²) in [5.74, 6) is -1.31. The third-order valence-electron chi connectivity index (χ3n) is 3.21. The van der Waals surface area contributed by atoms with E-state index in [1.165, 1.54) is 11.5 Å². The molecule has 0 radical (unpaired) electrons. The van der Waals surface area contributed by atoms with Crippen LogP contribution in [-0.4, -0.2) is 23.4 Å². The second-order valence-corrected chi connectivity index (χ2v) is 5.67. The summed E-state index contributed by atoms with van der Waals surface area (Å²) in [4.78, 5) is 11.8. The molecule has 0 aliphatic heterocycles. The van der Waals surface area contributed by atoms with E-state index < -0.39 is 17.5 Å². The van der Waals surface area contributed by atoms with Crippen LogP contribution in [0.1, 0.15) is 10.4 Å². The number of carbonyl (C=O) groups is 1. The van der Waals surface area contributed by atoms with Crippen LogP contribution in [0, 0.1) is 11.6 Å². The number of anilines is 1. The number of nitrogens with one attached hydrogen (secondary N) is 2. The lowest BCUT2D eigenvalue weighted by atomic mass is 10.2. The molecule has 0 spiro atoms. The van der Waals surface area contributed by atoms with Crippen LogP contribution >= 0.6 is 11.5 Å². The highest BCUT2D eigenvalue weighted by molar-refractivity contribution is 7.13. The number of aromatic nitrogens is 1. The Labute approximate surface area is 135 Å². The summed E-state index contributed by atoms with van der Waals surface area (Å²) in [7, 11) is 0. The van der Waals surface area contributed by atoms with Gasteiger partial charge in [-0.25, -0.2) is 8.78 Å².